The van der Waals surface area contributed by atoms with Gasteiger partial charge in [0.15, 0.2) is 5.96 Å². The summed E-state index contributed by atoms with van der Waals surface area (Å²) >= 11 is 0. The first-order valence-corrected chi connectivity index (χ1v) is 6.75. The Bertz CT molecular complexity index is 468. The molecule has 1 aliphatic rings. The highest BCUT2D eigenvalue weighted by Gasteiger charge is 2.22. The van der Waals surface area contributed by atoms with Gasteiger partial charge in [0.25, 0.3) is 0 Å². The summed E-state index contributed by atoms with van der Waals surface area (Å²) in [5.41, 5.74) is 2.17. The largest absolute Gasteiger partial charge is 0.481 e. The van der Waals surface area contributed by atoms with Gasteiger partial charge in [0, 0.05) is 20.1 Å². The fraction of sp³-hybridized carbons (Fsp3) is 0.692. The summed E-state index contributed by atoms with van der Waals surface area (Å²) in [5, 5.41) is 11.2. The predicted molar refractivity (Wildman–Crippen MR) is 90.9 cm³/mol. The smallest absolute Gasteiger partial charge is 0.216 e. The third-order valence-electron chi connectivity index (χ3n) is 3.27. The first-order valence-electron chi connectivity index (χ1n) is 6.75. The SMILES string of the molecule is CCc1nn(C)c(OC)c1CNC(=NC)NC1CC1.I. The van der Waals surface area contributed by atoms with E-state index in [0.29, 0.717) is 12.6 Å². The molecule has 6 nitrogen and oxygen atoms in total. The van der Waals surface area contributed by atoms with E-state index in [4.69, 9.17) is 4.74 Å². The second kappa shape index (κ2) is 7.70. The molecule has 1 heterocycles. The third kappa shape index (κ3) is 4.00. The molecule has 0 spiro atoms. The van der Waals surface area contributed by atoms with Gasteiger partial charge < -0.3 is 15.4 Å². The normalized spacial score (nSPS) is 14.7. The molecule has 0 unspecified atom stereocenters. The van der Waals surface area contributed by atoms with Crippen LogP contribution < -0.4 is 15.4 Å². The van der Waals surface area contributed by atoms with Crippen molar-refractivity contribution in [2.24, 2.45) is 12.0 Å². The highest BCUT2D eigenvalue weighted by atomic mass is 127. The average Bonchev–Trinajstić information content (AvgIpc) is 3.17. The summed E-state index contributed by atoms with van der Waals surface area (Å²) in [6, 6.07) is 0.590. The van der Waals surface area contributed by atoms with Crippen molar-refractivity contribution in [3.63, 3.8) is 0 Å². The predicted octanol–water partition coefficient (Wildman–Crippen LogP) is 1.44. The number of guanidine groups is 1. The van der Waals surface area contributed by atoms with E-state index in [2.05, 4.69) is 27.6 Å². The van der Waals surface area contributed by atoms with Crippen LogP contribution in [0.15, 0.2) is 4.99 Å². The molecular formula is C13H24IN5O. The molecule has 1 aliphatic carbocycles. The van der Waals surface area contributed by atoms with E-state index in [1.54, 1.807) is 18.8 Å². The Labute approximate surface area is 137 Å². The molecule has 0 aliphatic heterocycles. The van der Waals surface area contributed by atoms with E-state index >= 15 is 0 Å². The van der Waals surface area contributed by atoms with Crippen LogP contribution in [0.1, 0.15) is 31.0 Å². The van der Waals surface area contributed by atoms with Crippen LogP contribution in [0.4, 0.5) is 0 Å². The van der Waals surface area contributed by atoms with Crippen molar-refractivity contribution in [3.8, 4) is 5.88 Å². The zero-order valence-electron chi connectivity index (χ0n) is 12.6. The quantitative estimate of drug-likeness (QED) is 0.452. The molecule has 114 valence electrons. The van der Waals surface area contributed by atoms with Crippen molar-refractivity contribution in [3.05, 3.63) is 11.3 Å². The molecule has 0 bridgehead atoms. The highest BCUT2D eigenvalue weighted by Crippen LogP contribution is 2.22. The number of halogens is 1. The zero-order chi connectivity index (χ0) is 13.8. The molecule has 0 atom stereocenters. The van der Waals surface area contributed by atoms with Gasteiger partial charge in [-0.25, -0.2) is 4.68 Å². The van der Waals surface area contributed by atoms with Gasteiger partial charge in [0.05, 0.1) is 24.9 Å². The molecular weight excluding hydrogens is 369 g/mol. The number of hydrogen-bond acceptors (Lipinski definition) is 3. The number of ether oxygens (including phenoxy) is 1. The molecule has 0 amide bonds. The van der Waals surface area contributed by atoms with E-state index < -0.39 is 0 Å². The van der Waals surface area contributed by atoms with Gasteiger partial charge in [0.2, 0.25) is 5.88 Å². The maximum absolute atomic E-state index is 5.42. The van der Waals surface area contributed by atoms with Crippen molar-refractivity contribution < 1.29 is 4.74 Å². The van der Waals surface area contributed by atoms with E-state index in [1.807, 2.05) is 7.05 Å². The fourth-order valence-corrected chi connectivity index (χ4v) is 2.11. The maximum Gasteiger partial charge on any atom is 0.216 e. The minimum Gasteiger partial charge on any atom is -0.481 e. The zero-order valence-corrected chi connectivity index (χ0v) is 14.9. The second-order valence-electron chi connectivity index (χ2n) is 4.76. The van der Waals surface area contributed by atoms with Crippen LogP contribution >= 0.6 is 24.0 Å². The van der Waals surface area contributed by atoms with Gasteiger partial charge in [-0.05, 0) is 19.3 Å². The molecule has 20 heavy (non-hydrogen) atoms. The standard InChI is InChI=1S/C13H23N5O.HI/c1-5-11-10(12(19-4)18(3)17-11)8-15-13(14-2)16-9-6-7-9;/h9H,5-8H2,1-4H3,(H2,14,15,16);1H. The summed E-state index contributed by atoms with van der Waals surface area (Å²) in [7, 11) is 5.37. The first-order chi connectivity index (χ1) is 9.19. The number of rotatable bonds is 5. The van der Waals surface area contributed by atoms with Crippen molar-refractivity contribution in [2.75, 3.05) is 14.2 Å². The molecule has 0 radical (unpaired) electrons. The van der Waals surface area contributed by atoms with Crippen LogP contribution in [0.25, 0.3) is 0 Å². The van der Waals surface area contributed by atoms with Crippen molar-refractivity contribution in [1.82, 2.24) is 20.4 Å². The summed E-state index contributed by atoms with van der Waals surface area (Å²) in [6.45, 7) is 2.77. The monoisotopic (exact) mass is 393 g/mol. The summed E-state index contributed by atoms with van der Waals surface area (Å²) in [6.07, 6.45) is 3.36. The number of aromatic nitrogens is 2. The lowest BCUT2D eigenvalue weighted by Crippen LogP contribution is -2.38. The van der Waals surface area contributed by atoms with Crippen LogP contribution in [0.2, 0.25) is 0 Å². The Morgan fingerprint density at radius 1 is 1.50 bits per heavy atom. The lowest BCUT2D eigenvalue weighted by molar-refractivity contribution is 0.369. The van der Waals surface area contributed by atoms with Crippen LogP contribution in [0.3, 0.4) is 0 Å². The van der Waals surface area contributed by atoms with Gasteiger partial charge >= 0.3 is 0 Å². The molecule has 1 aromatic rings. The summed E-state index contributed by atoms with van der Waals surface area (Å²) in [4.78, 5) is 4.23. The minimum absolute atomic E-state index is 0. The lowest BCUT2D eigenvalue weighted by Gasteiger charge is -2.12. The Balaban J connectivity index is 0.00000200. The third-order valence-corrected chi connectivity index (χ3v) is 3.27. The maximum atomic E-state index is 5.42. The molecule has 0 saturated heterocycles. The summed E-state index contributed by atoms with van der Waals surface area (Å²) in [5.74, 6) is 1.65. The van der Waals surface area contributed by atoms with Crippen molar-refractivity contribution >= 4 is 29.9 Å². The second-order valence-corrected chi connectivity index (χ2v) is 4.76. The minimum atomic E-state index is 0. The number of aliphatic imine (C=N–C) groups is 1. The van der Waals surface area contributed by atoms with E-state index in [0.717, 1.165) is 29.5 Å². The molecule has 2 rings (SSSR count). The van der Waals surface area contributed by atoms with E-state index in [9.17, 15) is 0 Å². The Hall–Kier alpha value is -0.990. The number of aryl methyl sites for hydroxylation is 2. The van der Waals surface area contributed by atoms with Crippen LogP contribution in [0.5, 0.6) is 5.88 Å². The first kappa shape index (κ1) is 17.1. The van der Waals surface area contributed by atoms with Crippen molar-refractivity contribution in [1.29, 1.82) is 0 Å². The molecule has 7 heteroatoms. The Kier molecular flexibility index (Phi) is 6.57. The summed E-state index contributed by atoms with van der Waals surface area (Å²) < 4.78 is 7.20. The number of nitrogens with one attached hydrogen (secondary N) is 2. The number of nitrogens with zero attached hydrogens (tertiary/aromatic N) is 3. The Morgan fingerprint density at radius 2 is 2.20 bits per heavy atom. The van der Waals surface area contributed by atoms with Gasteiger partial charge in [-0.3, -0.25) is 4.99 Å². The van der Waals surface area contributed by atoms with Crippen LogP contribution in [0, 0.1) is 0 Å². The lowest BCUT2D eigenvalue weighted by atomic mass is 10.2. The van der Waals surface area contributed by atoms with Gasteiger partial charge in [-0.15, -0.1) is 24.0 Å². The van der Waals surface area contributed by atoms with Gasteiger partial charge in [-0.1, -0.05) is 6.92 Å². The van der Waals surface area contributed by atoms with E-state index in [-0.39, 0.29) is 24.0 Å². The molecule has 1 aromatic heterocycles. The number of hydrogen-bond donors (Lipinski definition) is 2. The fourth-order valence-electron chi connectivity index (χ4n) is 2.11. The van der Waals surface area contributed by atoms with Crippen LogP contribution in [-0.2, 0) is 20.0 Å². The average molecular weight is 393 g/mol. The topological polar surface area (TPSA) is 63.5 Å². The highest BCUT2D eigenvalue weighted by molar-refractivity contribution is 14.0. The molecule has 1 saturated carbocycles. The van der Waals surface area contributed by atoms with Gasteiger partial charge in [-0.2, -0.15) is 5.10 Å². The van der Waals surface area contributed by atoms with Crippen LogP contribution in [-0.4, -0.2) is 35.9 Å². The molecule has 2 N–H and O–H groups in total. The number of methoxy groups -OCH3 is 1. The molecule has 0 aromatic carbocycles. The van der Waals surface area contributed by atoms with E-state index in [1.165, 1.54) is 12.8 Å². The molecule has 1 fully saturated rings. The van der Waals surface area contributed by atoms with Gasteiger partial charge in [0.1, 0.15) is 0 Å². The van der Waals surface area contributed by atoms with Crippen molar-refractivity contribution in [2.45, 2.75) is 38.8 Å². The Morgan fingerprint density at radius 3 is 2.70 bits per heavy atom.